The first-order valence-corrected chi connectivity index (χ1v) is 37.0. The summed E-state index contributed by atoms with van der Waals surface area (Å²) in [4.78, 5) is 69.1. The highest BCUT2D eigenvalue weighted by Crippen LogP contribution is 2.60. The minimum absolute atomic E-state index is 0.0867. The molecule has 3 amide bonds. The van der Waals surface area contributed by atoms with E-state index < -0.39 is 149 Å². The Morgan fingerprint density at radius 1 is 0.531 bits per heavy atom. The summed E-state index contributed by atoms with van der Waals surface area (Å²) in [6, 6.07) is 33.9. The van der Waals surface area contributed by atoms with Gasteiger partial charge in [-0.15, -0.1) is 0 Å². The SMILES string of the molecule is COc1ccc(C(c2ccccc2)(c2ccc(OC)cc2)N2C(=O)N[C@@H]3[C@H](CCCCC(=O)NCCCCCCOP(=O)(OCCC#N)O[C@H]4[C@@H](OC(C)=O)[C@H](OC(C)=O)[C@@H](OP(=O)(OCCC#N)OCCC#N)[C@H](OP(=O)(OCCC#N)OCCC#N)[C@H]4OC(C)=O)SC[C@@H]32)cc1. The quantitative estimate of drug-likeness (QED) is 0.0133. The highest BCUT2D eigenvalue weighted by atomic mass is 32.2. The average molecular weight is 1440 g/mol. The summed E-state index contributed by atoms with van der Waals surface area (Å²) < 4.78 is 123. The van der Waals surface area contributed by atoms with E-state index in [2.05, 4.69) is 10.6 Å². The summed E-state index contributed by atoms with van der Waals surface area (Å²) in [5.74, 6) is -1.64. The van der Waals surface area contributed by atoms with Crippen LogP contribution in [-0.4, -0.2) is 155 Å². The number of amides is 3. The first kappa shape index (κ1) is 79.5. The molecule has 0 bridgehead atoms. The Morgan fingerprint density at radius 2 is 0.918 bits per heavy atom. The number of unbranched alkanes of at least 4 members (excludes halogenated alkanes) is 4. The molecular weight excluding hydrogens is 1360 g/mol. The fraction of sp³-hybridized carbons (Fsp3) is 0.562. The summed E-state index contributed by atoms with van der Waals surface area (Å²) in [5, 5.41) is 53.1. The zero-order valence-electron chi connectivity index (χ0n) is 55.0. The molecule has 1 saturated carbocycles. The lowest BCUT2D eigenvalue weighted by atomic mass is 9.74. The van der Waals surface area contributed by atoms with Crippen molar-refractivity contribution in [3.8, 4) is 41.8 Å². The van der Waals surface area contributed by atoms with Crippen LogP contribution in [0.5, 0.6) is 11.5 Å². The van der Waals surface area contributed by atoms with Crippen LogP contribution in [0.3, 0.4) is 0 Å². The number of nitriles is 5. The van der Waals surface area contributed by atoms with Crippen molar-refractivity contribution in [3.63, 3.8) is 0 Å². The van der Waals surface area contributed by atoms with Crippen molar-refractivity contribution in [3.05, 3.63) is 95.6 Å². The maximum Gasteiger partial charge on any atom is 0.475 e. The van der Waals surface area contributed by atoms with Crippen molar-refractivity contribution in [2.75, 3.05) is 66.2 Å². The summed E-state index contributed by atoms with van der Waals surface area (Å²) in [7, 11) is -12.3. The number of nitrogens with zero attached hydrogens (tertiary/aromatic N) is 6. The predicted octanol–water partition coefficient (Wildman–Crippen LogP) is 10.1. The van der Waals surface area contributed by atoms with Gasteiger partial charge in [-0.05, 0) is 66.6 Å². The molecule has 1 aliphatic carbocycles. The summed E-state index contributed by atoms with van der Waals surface area (Å²) in [5.41, 5.74) is 1.65. The number of benzene rings is 3. The van der Waals surface area contributed by atoms with E-state index in [0.717, 1.165) is 50.3 Å². The minimum atomic E-state index is -5.22. The second kappa shape index (κ2) is 40.0. The molecule has 0 radical (unpaired) electrons. The van der Waals surface area contributed by atoms with Crippen molar-refractivity contribution >= 4 is 65.1 Å². The van der Waals surface area contributed by atoms with E-state index in [4.69, 9.17) is 64.4 Å². The van der Waals surface area contributed by atoms with Crippen LogP contribution >= 0.6 is 35.2 Å². The highest BCUT2D eigenvalue weighted by molar-refractivity contribution is 8.00. The third-order valence-electron chi connectivity index (χ3n) is 15.4. The number of thioether (sulfide) groups is 1. The number of fused-ring (bicyclic) bond motifs is 1. The van der Waals surface area contributed by atoms with Gasteiger partial charge in [-0.2, -0.15) is 38.1 Å². The molecule has 2 N–H and O–H groups in total. The lowest BCUT2D eigenvalue weighted by Crippen LogP contribution is -2.67. The lowest BCUT2D eigenvalue weighted by Gasteiger charge is -2.48. The zero-order chi connectivity index (χ0) is 71.1. The Labute approximate surface area is 573 Å². The molecule has 2 aliphatic heterocycles. The van der Waals surface area contributed by atoms with Crippen LogP contribution in [-0.2, 0) is 93.3 Å². The molecular formula is C64H81N8O22P3S. The topological polar surface area (TPSA) is 412 Å². The van der Waals surface area contributed by atoms with Gasteiger partial charge in [-0.1, -0.05) is 73.9 Å². The number of rotatable bonds is 43. The van der Waals surface area contributed by atoms with E-state index in [-0.39, 0.29) is 48.7 Å². The largest absolute Gasteiger partial charge is 0.497 e. The van der Waals surface area contributed by atoms with E-state index in [1.807, 2.05) is 102 Å². The molecule has 34 heteroatoms. The molecule has 530 valence electrons. The third-order valence-corrected chi connectivity index (χ3v) is 21.4. The Morgan fingerprint density at radius 3 is 1.33 bits per heavy atom. The van der Waals surface area contributed by atoms with Gasteiger partial charge in [0.1, 0.15) is 35.3 Å². The number of methoxy groups -OCH3 is 2. The molecule has 3 aromatic rings. The second-order valence-electron chi connectivity index (χ2n) is 22.1. The molecule has 98 heavy (non-hydrogen) atoms. The van der Waals surface area contributed by atoms with Gasteiger partial charge in [-0.3, -0.25) is 59.9 Å². The number of ether oxygens (including phenoxy) is 5. The monoisotopic (exact) mass is 1440 g/mol. The van der Waals surface area contributed by atoms with Gasteiger partial charge in [-0.25, -0.2) is 18.5 Å². The molecule has 1 unspecified atom stereocenters. The van der Waals surface area contributed by atoms with Crippen LogP contribution in [0, 0.1) is 56.7 Å². The van der Waals surface area contributed by atoms with Crippen LogP contribution in [0.1, 0.15) is 121 Å². The molecule has 0 aromatic heterocycles. The number of hydrogen-bond donors (Lipinski definition) is 2. The molecule has 0 spiro atoms. The fourth-order valence-electron chi connectivity index (χ4n) is 11.3. The van der Waals surface area contributed by atoms with Crippen LogP contribution in [0.15, 0.2) is 78.9 Å². The van der Waals surface area contributed by atoms with Crippen LogP contribution in [0.2, 0.25) is 0 Å². The third kappa shape index (κ3) is 22.5. The molecule has 3 aromatic carbocycles. The van der Waals surface area contributed by atoms with Gasteiger partial charge < -0.3 is 39.2 Å². The van der Waals surface area contributed by atoms with E-state index in [9.17, 15) is 64.0 Å². The Hall–Kier alpha value is -7.46. The van der Waals surface area contributed by atoms with Gasteiger partial charge in [0.15, 0.2) is 18.3 Å². The molecule has 10 atom stereocenters. The van der Waals surface area contributed by atoms with Crippen LogP contribution in [0.25, 0.3) is 0 Å². The number of esters is 3. The number of carbonyl (C=O) groups is 5. The first-order valence-electron chi connectivity index (χ1n) is 31.6. The van der Waals surface area contributed by atoms with Crippen molar-refractivity contribution < 1.29 is 102 Å². The van der Waals surface area contributed by atoms with E-state index >= 15 is 0 Å². The van der Waals surface area contributed by atoms with Crippen molar-refractivity contribution in [2.24, 2.45) is 0 Å². The molecule has 3 fully saturated rings. The number of carbonyl (C=O) groups excluding carboxylic acids is 5. The van der Waals surface area contributed by atoms with Crippen molar-refractivity contribution in [1.29, 1.82) is 26.3 Å². The smallest absolute Gasteiger partial charge is 0.475 e. The summed E-state index contributed by atoms with van der Waals surface area (Å²) >= 11 is 1.81. The number of hydrogen-bond acceptors (Lipinski definition) is 28. The molecule has 2 saturated heterocycles. The van der Waals surface area contributed by atoms with Gasteiger partial charge in [0, 0.05) is 44.7 Å². The number of urea groups is 1. The summed E-state index contributed by atoms with van der Waals surface area (Å²) in [6.07, 6.45) is -11.8. The normalized spacial score (nSPS) is 21.1. The predicted molar refractivity (Wildman–Crippen MR) is 347 cm³/mol. The van der Waals surface area contributed by atoms with E-state index in [0.29, 0.717) is 49.5 Å². The van der Waals surface area contributed by atoms with Gasteiger partial charge in [0.05, 0.1) is 128 Å². The van der Waals surface area contributed by atoms with E-state index in [1.54, 1.807) is 38.5 Å². The van der Waals surface area contributed by atoms with Gasteiger partial charge in [0.2, 0.25) is 5.91 Å². The second-order valence-corrected chi connectivity index (χ2v) is 28.3. The number of phosphoric acid groups is 3. The van der Waals surface area contributed by atoms with Gasteiger partial charge >= 0.3 is 47.4 Å². The van der Waals surface area contributed by atoms with Gasteiger partial charge in [0.25, 0.3) is 0 Å². The summed E-state index contributed by atoms with van der Waals surface area (Å²) in [6.45, 7) is -0.670. The maximum atomic E-state index is 15.0. The minimum Gasteiger partial charge on any atom is -0.497 e. The molecule has 30 nitrogen and oxygen atoms in total. The van der Waals surface area contributed by atoms with Crippen molar-refractivity contribution in [2.45, 2.75) is 164 Å². The maximum absolute atomic E-state index is 15.0. The average Bonchev–Trinajstić information content (AvgIpc) is 1.42. The molecule has 2 heterocycles. The Balaban J connectivity index is 1.11. The van der Waals surface area contributed by atoms with Crippen LogP contribution < -0.4 is 20.1 Å². The highest BCUT2D eigenvalue weighted by Gasteiger charge is 2.63. The molecule has 6 rings (SSSR count). The van der Waals surface area contributed by atoms with Crippen molar-refractivity contribution in [1.82, 2.24) is 15.5 Å². The molecule has 3 aliphatic rings. The van der Waals surface area contributed by atoms with Crippen LogP contribution in [0.4, 0.5) is 4.79 Å². The standard InChI is InChI=1S/C64H81N8O22P3S/c1-45(73)89-57-58(90-46(2)74)61(93-96(79,85-40-16-33-66)86-41-17-34-67)62(94-97(80,87-42-18-35-68)88-43-19-36-69)59(91-47(3)75)60(57)92-95(78,84-39-15-32-65)83-38-14-7-6-13-37-70-55(76)23-12-11-22-54-56-53(44-98-54)72(63(77)71-56)64(48-20-9-8-10-21-48,49-24-28-51(81-4)29-25-49)50-26-30-52(82-5)31-27-50/h8-10,20-21,24-31,53-54,56-62H,6-7,11-19,22-23,37-44H2,1-5H3,(H,70,76)(H,71,77)/t53-,54-,56-,57-,58-,59-,60-,61+,62+,95?/m0/s1. The Bertz CT molecular complexity index is 3400. The number of phosphoric ester groups is 3. The first-order chi connectivity index (χ1) is 47.2. The Kier molecular flexibility index (Phi) is 32.4. The van der Waals surface area contributed by atoms with E-state index in [1.165, 1.54) is 0 Å². The zero-order valence-corrected chi connectivity index (χ0v) is 58.5. The lowest BCUT2D eigenvalue weighted by molar-refractivity contribution is -0.240. The fourth-order valence-corrected chi connectivity index (χ4v) is 17.0. The number of nitrogens with one attached hydrogen (secondary N) is 2.